The highest BCUT2D eigenvalue weighted by Crippen LogP contribution is 2.33. The Morgan fingerprint density at radius 3 is 3.04 bits per heavy atom. The van der Waals surface area contributed by atoms with Gasteiger partial charge in [-0.25, -0.2) is 4.98 Å². The summed E-state index contributed by atoms with van der Waals surface area (Å²) in [5, 5.41) is 11.0. The van der Waals surface area contributed by atoms with E-state index in [1.807, 2.05) is 0 Å². The number of imidazole rings is 1. The van der Waals surface area contributed by atoms with Crippen molar-refractivity contribution in [3.8, 4) is 0 Å². The SMILES string of the molecule is Cn1c([C@@H]2CCCN2CC(=O)Nc2nncs2)nc2c1CCCC2. The summed E-state index contributed by atoms with van der Waals surface area (Å²) in [7, 11) is 2.13. The van der Waals surface area contributed by atoms with Gasteiger partial charge in [-0.1, -0.05) is 11.3 Å². The van der Waals surface area contributed by atoms with Crippen LogP contribution in [0.2, 0.25) is 0 Å². The summed E-state index contributed by atoms with van der Waals surface area (Å²) in [6, 6.07) is 0.237. The molecule has 1 atom stereocenters. The highest BCUT2D eigenvalue weighted by molar-refractivity contribution is 7.13. The number of rotatable bonds is 4. The predicted octanol–water partition coefficient (Wildman–Crippen LogP) is 1.93. The third-order valence-electron chi connectivity index (χ3n) is 5.02. The molecule has 2 aliphatic rings. The molecule has 1 amide bonds. The molecule has 1 saturated heterocycles. The summed E-state index contributed by atoms with van der Waals surface area (Å²) in [6.07, 6.45) is 6.88. The monoisotopic (exact) mass is 346 g/mol. The lowest BCUT2D eigenvalue weighted by molar-refractivity contribution is -0.117. The van der Waals surface area contributed by atoms with Crippen LogP contribution in [0.1, 0.15) is 48.9 Å². The number of anilines is 1. The molecule has 0 spiro atoms. The van der Waals surface area contributed by atoms with E-state index in [2.05, 4.69) is 32.0 Å². The van der Waals surface area contributed by atoms with Crippen LogP contribution in [0, 0.1) is 0 Å². The minimum Gasteiger partial charge on any atom is -0.334 e. The molecule has 0 aromatic carbocycles. The molecule has 1 fully saturated rings. The summed E-state index contributed by atoms with van der Waals surface area (Å²) in [4.78, 5) is 19.5. The largest absolute Gasteiger partial charge is 0.334 e. The molecule has 1 aliphatic heterocycles. The molecule has 2 aromatic heterocycles. The molecular formula is C16H22N6OS. The van der Waals surface area contributed by atoms with Crippen LogP contribution in [0.25, 0.3) is 0 Å². The van der Waals surface area contributed by atoms with E-state index < -0.39 is 0 Å². The number of nitrogens with zero attached hydrogens (tertiary/aromatic N) is 5. The van der Waals surface area contributed by atoms with Gasteiger partial charge in [0.1, 0.15) is 11.3 Å². The van der Waals surface area contributed by atoms with Crippen molar-refractivity contribution in [1.82, 2.24) is 24.6 Å². The van der Waals surface area contributed by atoms with Gasteiger partial charge < -0.3 is 4.57 Å². The Labute approximate surface area is 145 Å². The second-order valence-electron chi connectivity index (χ2n) is 6.55. The van der Waals surface area contributed by atoms with E-state index >= 15 is 0 Å². The third kappa shape index (κ3) is 2.95. The number of aryl methyl sites for hydroxylation is 1. The fourth-order valence-electron chi connectivity index (χ4n) is 3.88. The van der Waals surface area contributed by atoms with Gasteiger partial charge in [-0.3, -0.25) is 15.0 Å². The Morgan fingerprint density at radius 2 is 2.25 bits per heavy atom. The van der Waals surface area contributed by atoms with Gasteiger partial charge in [0.2, 0.25) is 11.0 Å². The maximum Gasteiger partial charge on any atom is 0.240 e. The number of amides is 1. The van der Waals surface area contributed by atoms with E-state index in [1.54, 1.807) is 5.51 Å². The van der Waals surface area contributed by atoms with Crippen molar-refractivity contribution in [2.75, 3.05) is 18.4 Å². The van der Waals surface area contributed by atoms with Crippen LogP contribution in [0.5, 0.6) is 0 Å². The lowest BCUT2D eigenvalue weighted by Gasteiger charge is -2.23. The highest BCUT2D eigenvalue weighted by atomic mass is 32.1. The van der Waals surface area contributed by atoms with Crippen molar-refractivity contribution in [3.05, 3.63) is 22.7 Å². The van der Waals surface area contributed by atoms with Gasteiger partial charge in [-0.2, -0.15) is 0 Å². The quantitative estimate of drug-likeness (QED) is 0.915. The molecule has 4 rings (SSSR count). The fourth-order valence-corrected chi connectivity index (χ4v) is 4.34. The van der Waals surface area contributed by atoms with Crippen LogP contribution in [0.3, 0.4) is 0 Å². The summed E-state index contributed by atoms with van der Waals surface area (Å²) in [6.45, 7) is 1.31. The average Bonchev–Trinajstić information content (AvgIpc) is 3.29. The van der Waals surface area contributed by atoms with Crippen molar-refractivity contribution < 1.29 is 4.79 Å². The Hall–Kier alpha value is -1.80. The lowest BCUT2D eigenvalue weighted by atomic mass is 10.0. The number of nitrogens with one attached hydrogen (secondary N) is 1. The number of aromatic nitrogens is 4. The summed E-state index contributed by atoms with van der Waals surface area (Å²) in [5.41, 5.74) is 4.28. The molecule has 2 aromatic rings. The lowest BCUT2D eigenvalue weighted by Crippen LogP contribution is -2.33. The van der Waals surface area contributed by atoms with E-state index in [0.29, 0.717) is 11.7 Å². The Bertz CT molecular complexity index is 725. The van der Waals surface area contributed by atoms with Gasteiger partial charge in [0.15, 0.2) is 0 Å². The molecule has 0 bridgehead atoms. The molecule has 24 heavy (non-hydrogen) atoms. The smallest absolute Gasteiger partial charge is 0.240 e. The van der Waals surface area contributed by atoms with Crippen LogP contribution in [-0.4, -0.2) is 43.6 Å². The van der Waals surface area contributed by atoms with Crippen molar-refractivity contribution >= 4 is 22.4 Å². The first-order valence-corrected chi connectivity index (χ1v) is 9.45. The predicted molar refractivity (Wildman–Crippen MR) is 91.9 cm³/mol. The molecule has 0 unspecified atom stereocenters. The van der Waals surface area contributed by atoms with Gasteiger partial charge in [0, 0.05) is 12.7 Å². The Balaban J connectivity index is 1.49. The van der Waals surface area contributed by atoms with E-state index in [4.69, 9.17) is 4.98 Å². The topological polar surface area (TPSA) is 75.9 Å². The zero-order chi connectivity index (χ0) is 16.5. The van der Waals surface area contributed by atoms with Gasteiger partial charge in [0.05, 0.1) is 18.3 Å². The summed E-state index contributed by atoms with van der Waals surface area (Å²) < 4.78 is 2.28. The molecule has 3 heterocycles. The zero-order valence-electron chi connectivity index (χ0n) is 13.9. The normalized spacial score (nSPS) is 21.0. The van der Waals surface area contributed by atoms with Crippen molar-refractivity contribution in [1.29, 1.82) is 0 Å². The second kappa shape index (κ2) is 6.60. The Morgan fingerprint density at radius 1 is 1.38 bits per heavy atom. The van der Waals surface area contributed by atoms with E-state index in [-0.39, 0.29) is 11.9 Å². The number of carbonyl (C=O) groups is 1. The number of likely N-dealkylation sites (tertiary alicyclic amines) is 1. The maximum absolute atomic E-state index is 12.3. The Kier molecular flexibility index (Phi) is 4.32. The van der Waals surface area contributed by atoms with E-state index in [9.17, 15) is 4.79 Å². The van der Waals surface area contributed by atoms with Gasteiger partial charge in [-0.15, -0.1) is 10.2 Å². The molecule has 128 valence electrons. The van der Waals surface area contributed by atoms with Crippen LogP contribution < -0.4 is 5.32 Å². The van der Waals surface area contributed by atoms with Crippen molar-refractivity contribution in [2.24, 2.45) is 7.05 Å². The zero-order valence-corrected chi connectivity index (χ0v) is 14.7. The van der Waals surface area contributed by atoms with Crippen molar-refractivity contribution in [2.45, 2.75) is 44.6 Å². The number of hydrogen-bond acceptors (Lipinski definition) is 6. The standard InChI is InChI=1S/C16H22N6OS/c1-21-12-6-3-2-5-11(12)18-15(21)13-7-4-8-22(13)9-14(23)19-16-20-17-10-24-16/h10,13H,2-9H2,1H3,(H,19,20,23)/t13-/m0/s1. The van der Waals surface area contributed by atoms with Crippen LogP contribution >= 0.6 is 11.3 Å². The minimum absolute atomic E-state index is 0.0300. The molecule has 1 N–H and O–H groups in total. The molecule has 0 saturated carbocycles. The van der Waals surface area contributed by atoms with Gasteiger partial charge >= 0.3 is 0 Å². The summed E-state index contributed by atoms with van der Waals surface area (Å²) in [5.74, 6) is 1.10. The van der Waals surface area contributed by atoms with E-state index in [0.717, 1.165) is 38.1 Å². The third-order valence-corrected chi connectivity index (χ3v) is 5.63. The maximum atomic E-state index is 12.3. The van der Waals surface area contributed by atoms with Crippen molar-refractivity contribution in [3.63, 3.8) is 0 Å². The van der Waals surface area contributed by atoms with E-state index in [1.165, 1.54) is 35.6 Å². The van der Waals surface area contributed by atoms with Crippen LogP contribution in [0.15, 0.2) is 5.51 Å². The summed E-state index contributed by atoms with van der Waals surface area (Å²) >= 11 is 1.34. The van der Waals surface area contributed by atoms with Crippen LogP contribution in [-0.2, 0) is 24.7 Å². The van der Waals surface area contributed by atoms with Gasteiger partial charge in [-0.05, 0) is 45.1 Å². The molecule has 8 heteroatoms. The van der Waals surface area contributed by atoms with Gasteiger partial charge in [0.25, 0.3) is 0 Å². The first-order chi connectivity index (χ1) is 11.7. The first kappa shape index (κ1) is 15.7. The molecule has 0 radical (unpaired) electrons. The minimum atomic E-state index is -0.0300. The average molecular weight is 346 g/mol. The number of fused-ring (bicyclic) bond motifs is 1. The molecular weight excluding hydrogens is 324 g/mol. The number of hydrogen-bond donors (Lipinski definition) is 1. The van der Waals surface area contributed by atoms with Crippen LogP contribution in [0.4, 0.5) is 5.13 Å². The highest BCUT2D eigenvalue weighted by Gasteiger charge is 2.32. The first-order valence-electron chi connectivity index (χ1n) is 8.57. The molecule has 1 aliphatic carbocycles. The molecule has 7 nitrogen and oxygen atoms in total. The second-order valence-corrected chi connectivity index (χ2v) is 7.38. The fraction of sp³-hybridized carbons (Fsp3) is 0.625. The number of carbonyl (C=O) groups excluding carboxylic acids is 1.